The van der Waals surface area contributed by atoms with E-state index in [0.717, 1.165) is 31.5 Å². The Balaban J connectivity index is 1.89. The van der Waals surface area contributed by atoms with Crippen LogP contribution in [0.25, 0.3) is 0 Å². The van der Waals surface area contributed by atoms with E-state index in [0.29, 0.717) is 18.8 Å². The molecule has 3 nitrogen and oxygen atoms in total. The van der Waals surface area contributed by atoms with E-state index in [-0.39, 0.29) is 18.6 Å². The molecule has 1 saturated heterocycles. The van der Waals surface area contributed by atoms with Crippen LogP contribution in [0.5, 0.6) is 0 Å². The summed E-state index contributed by atoms with van der Waals surface area (Å²) in [4.78, 5) is 14.5. The van der Waals surface area contributed by atoms with Crippen LogP contribution in [-0.2, 0) is 11.2 Å². The van der Waals surface area contributed by atoms with Crippen LogP contribution >= 0.6 is 0 Å². The lowest BCUT2D eigenvalue weighted by molar-refractivity contribution is -0.134. The molecule has 0 aromatic heterocycles. The molecule has 2 rings (SSSR count). The highest BCUT2D eigenvalue weighted by Crippen LogP contribution is 2.21. The van der Waals surface area contributed by atoms with Gasteiger partial charge in [0.25, 0.3) is 0 Å². The molecule has 0 bridgehead atoms. The topological polar surface area (TPSA) is 32.3 Å². The van der Waals surface area contributed by atoms with Gasteiger partial charge in [-0.05, 0) is 44.2 Å². The highest BCUT2D eigenvalue weighted by molar-refractivity contribution is 5.82. The molecule has 1 N–H and O–H groups in total. The third-order valence-electron chi connectivity index (χ3n) is 4.37. The number of likely N-dealkylation sites (tertiary alicyclic amines) is 1. The SMILES string of the molecule is CN[C@@H](Cc1ccccc1)C(=O)N1CCC(CCF)CC1. The summed E-state index contributed by atoms with van der Waals surface area (Å²) in [5.74, 6) is 0.612. The molecule has 1 aromatic carbocycles. The summed E-state index contributed by atoms with van der Waals surface area (Å²) in [7, 11) is 1.83. The maximum Gasteiger partial charge on any atom is 0.240 e. The van der Waals surface area contributed by atoms with Crippen LogP contribution in [0.1, 0.15) is 24.8 Å². The van der Waals surface area contributed by atoms with Crippen molar-refractivity contribution in [1.29, 1.82) is 0 Å². The van der Waals surface area contributed by atoms with Crippen molar-refractivity contribution in [2.45, 2.75) is 31.7 Å². The Kier molecular flexibility index (Phi) is 6.18. The van der Waals surface area contributed by atoms with E-state index in [9.17, 15) is 9.18 Å². The van der Waals surface area contributed by atoms with E-state index in [1.165, 1.54) is 0 Å². The minimum absolute atomic E-state index is 0.167. The van der Waals surface area contributed by atoms with Crippen molar-refractivity contribution in [3.8, 4) is 0 Å². The number of nitrogens with zero attached hydrogens (tertiary/aromatic N) is 1. The third kappa shape index (κ3) is 4.53. The number of hydrogen-bond donors (Lipinski definition) is 1. The molecule has 1 atom stereocenters. The predicted molar refractivity (Wildman–Crippen MR) is 82.9 cm³/mol. The largest absolute Gasteiger partial charge is 0.341 e. The molecule has 1 amide bonds. The maximum absolute atomic E-state index is 12.6. The van der Waals surface area contributed by atoms with E-state index >= 15 is 0 Å². The molecule has 1 aliphatic rings. The smallest absolute Gasteiger partial charge is 0.240 e. The lowest BCUT2D eigenvalue weighted by atomic mass is 9.93. The van der Waals surface area contributed by atoms with Gasteiger partial charge in [0.05, 0.1) is 12.7 Å². The summed E-state index contributed by atoms with van der Waals surface area (Å²) in [5, 5.41) is 3.13. The predicted octanol–water partition coefficient (Wildman–Crippen LogP) is 2.42. The highest BCUT2D eigenvalue weighted by atomic mass is 19.1. The van der Waals surface area contributed by atoms with E-state index in [4.69, 9.17) is 0 Å². The van der Waals surface area contributed by atoms with Crippen LogP contribution in [0.4, 0.5) is 4.39 Å². The molecule has 1 aliphatic heterocycles. The number of likely N-dealkylation sites (N-methyl/N-ethyl adjacent to an activating group) is 1. The second-order valence-corrected chi connectivity index (χ2v) is 5.78. The van der Waals surface area contributed by atoms with E-state index in [1.807, 2.05) is 42.3 Å². The second-order valence-electron chi connectivity index (χ2n) is 5.78. The second kappa shape index (κ2) is 8.13. The molecule has 116 valence electrons. The summed E-state index contributed by atoms with van der Waals surface area (Å²) in [6, 6.07) is 9.89. The van der Waals surface area contributed by atoms with Gasteiger partial charge < -0.3 is 10.2 Å². The van der Waals surface area contributed by atoms with Gasteiger partial charge >= 0.3 is 0 Å². The number of piperidine rings is 1. The first kappa shape index (κ1) is 16.0. The van der Waals surface area contributed by atoms with Gasteiger partial charge in [-0.25, -0.2) is 0 Å². The summed E-state index contributed by atoms with van der Waals surface area (Å²) >= 11 is 0. The number of alkyl halides is 1. The Labute approximate surface area is 126 Å². The summed E-state index contributed by atoms with van der Waals surface area (Å²) in [5.41, 5.74) is 1.16. The normalized spacial score (nSPS) is 17.7. The van der Waals surface area contributed by atoms with Crippen LogP contribution in [-0.4, -0.2) is 43.7 Å². The zero-order chi connectivity index (χ0) is 15.1. The Hall–Kier alpha value is -1.42. The van der Waals surface area contributed by atoms with Crippen LogP contribution in [0.3, 0.4) is 0 Å². The molecule has 0 unspecified atom stereocenters. The molecule has 21 heavy (non-hydrogen) atoms. The molecule has 0 aliphatic carbocycles. The van der Waals surface area contributed by atoms with Crippen molar-refractivity contribution in [3.63, 3.8) is 0 Å². The number of nitrogens with one attached hydrogen (secondary N) is 1. The fourth-order valence-electron chi connectivity index (χ4n) is 2.98. The van der Waals surface area contributed by atoms with E-state index < -0.39 is 0 Å². The summed E-state index contributed by atoms with van der Waals surface area (Å²) in [6.45, 7) is 1.28. The van der Waals surface area contributed by atoms with Gasteiger partial charge in [0.15, 0.2) is 0 Å². The lowest BCUT2D eigenvalue weighted by Gasteiger charge is -2.34. The van der Waals surface area contributed by atoms with Gasteiger partial charge in [0.2, 0.25) is 5.91 Å². The molecule has 0 saturated carbocycles. The molecule has 0 spiro atoms. The monoisotopic (exact) mass is 292 g/mol. The number of hydrogen-bond acceptors (Lipinski definition) is 2. The van der Waals surface area contributed by atoms with Gasteiger partial charge in [0, 0.05) is 13.1 Å². The van der Waals surface area contributed by atoms with Crippen molar-refractivity contribution < 1.29 is 9.18 Å². The number of rotatable bonds is 6. The zero-order valence-corrected chi connectivity index (χ0v) is 12.7. The molecule has 1 aromatic rings. The Bertz CT molecular complexity index is 430. The van der Waals surface area contributed by atoms with Crippen molar-refractivity contribution in [1.82, 2.24) is 10.2 Å². The van der Waals surface area contributed by atoms with E-state index in [1.54, 1.807) is 0 Å². The molecule has 1 fully saturated rings. The van der Waals surface area contributed by atoms with E-state index in [2.05, 4.69) is 5.32 Å². The number of halogens is 1. The van der Waals surface area contributed by atoms with Crippen LogP contribution in [0.15, 0.2) is 30.3 Å². The van der Waals surface area contributed by atoms with Crippen LogP contribution in [0.2, 0.25) is 0 Å². The molecule has 1 heterocycles. The van der Waals surface area contributed by atoms with Gasteiger partial charge in [-0.3, -0.25) is 9.18 Å². The quantitative estimate of drug-likeness (QED) is 0.873. The van der Waals surface area contributed by atoms with Gasteiger partial charge in [-0.2, -0.15) is 0 Å². The van der Waals surface area contributed by atoms with Crippen molar-refractivity contribution in [3.05, 3.63) is 35.9 Å². The van der Waals surface area contributed by atoms with Crippen LogP contribution in [0, 0.1) is 5.92 Å². The fraction of sp³-hybridized carbons (Fsp3) is 0.588. The summed E-state index contributed by atoms with van der Waals surface area (Å²) < 4.78 is 12.4. The Morgan fingerprint density at radius 1 is 1.33 bits per heavy atom. The Morgan fingerprint density at radius 2 is 2.00 bits per heavy atom. The number of carbonyl (C=O) groups excluding carboxylic acids is 1. The Morgan fingerprint density at radius 3 is 2.57 bits per heavy atom. The fourth-order valence-corrected chi connectivity index (χ4v) is 2.98. The number of amides is 1. The van der Waals surface area contributed by atoms with Crippen molar-refractivity contribution in [2.75, 3.05) is 26.8 Å². The van der Waals surface area contributed by atoms with Gasteiger partial charge in [-0.15, -0.1) is 0 Å². The first-order valence-electron chi connectivity index (χ1n) is 7.80. The standard InChI is InChI=1S/C17H25FN2O/c1-19-16(13-15-5-3-2-4-6-15)17(21)20-11-8-14(7-10-18)9-12-20/h2-6,14,16,19H,7-13H2,1H3/t16-/m0/s1. The number of carbonyl (C=O) groups is 1. The van der Waals surface area contributed by atoms with Gasteiger partial charge in [0.1, 0.15) is 0 Å². The van der Waals surface area contributed by atoms with Crippen LogP contribution < -0.4 is 5.32 Å². The average molecular weight is 292 g/mol. The molecule has 4 heteroatoms. The molecule has 0 radical (unpaired) electrons. The minimum Gasteiger partial charge on any atom is -0.341 e. The summed E-state index contributed by atoms with van der Waals surface area (Å²) in [6.07, 6.45) is 3.21. The molecular formula is C17H25FN2O. The molecular weight excluding hydrogens is 267 g/mol. The van der Waals surface area contributed by atoms with Gasteiger partial charge in [-0.1, -0.05) is 30.3 Å². The maximum atomic E-state index is 12.6. The average Bonchev–Trinajstić information content (AvgIpc) is 2.54. The van der Waals surface area contributed by atoms with Crippen molar-refractivity contribution in [2.24, 2.45) is 5.92 Å². The highest BCUT2D eigenvalue weighted by Gasteiger charge is 2.27. The zero-order valence-electron chi connectivity index (χ0n) is 12.7. The first-order chi connectivity index (χ1) is 10.2. The third-order valence-corrected chi connectivity index (χ3v) is 4.37. The minimum atomic E-state index is -0.244. The number of benzene rings is 1. The van der Waals surface area contributed by atoms with Crippen molar-refractivity contribution >= 4 is 5.91 Å². The lowest BCUT2D eigenvalue weighted by Crippen LogP contribution is -2.49. The first-order valence-corrected chi connectivity index (χ1v) is 7.80.